The van der Waals surface area contributed by atoms with E-state index in [4.69, 9.17) is 5.11 Å². The van der Waals surface area contributed by atoms with Crippen LogP contribution in [0.2, 0.25) is 0 Å². The SMILES string of the molecule is C=C(CO)C(=O)N[C@H]1CC2(CCC2)CN(Cc2ccccc2)[C@@H]1C. The topological polar surface area (TPSA) is 52.6 Å². The van der Waals surface area contributed by atoms with Crippen LogP contribution in [0.15, 0.2) is 42.5 Å². The highest BCUT2D eigenvalue weighted by Gasteiger charge is 2.47. The summed E-state index contributed by atoms with van der Waals surface area (Å²) in [6.07, 6.45) is 4.82. The molecule has 2 fully saturated rings. The van der Waals surface area contributed by atoms with Gasteiger partial charge in [-0.1, -0.05) is 43.3 Å². The number of carbonyl (C=O) groups excluding carboxylic acids is 1. The van der Waals surface area contributed by atoms with E-state index < -0.39 is 0 Å². The normalized spacial score (nSPS) is 25.9. The van der Waals surface area contributed by atoms with Crippen LogP contribution in [-0.4, -0.2) is 41.1 Å². The number of carbonyl (C=O) groups is 1. The van der Waals surface area contributed by atoms with Crippen molar-refractivity contribution < 1.29 is 9.90 Å². The minimum absolute atomic E-state index is 0.110. The summed E-state index contributed by atoms with van der Waals surface area (Å²) in [5.41, 5.74) is 1.90. The van der Waals surface area contributed by atoms with Gasteiger partial charge in [-0.05, 0) is 37.2 Å². The van der Waals surface area contributed by atoms with Gasteiger partial charge in [0.2, 0.25) is 5.91 Å². The minimum atomic E-state index is -0.286. The second kappa shape index (κ2) is 7.08. The number of aliphatic hydroxyl groups excluding tert-OH is 1. The standard InChI is InChI=1S/C20H28N2O2/c1-15(13-23)19(24)21-18-11-20(9-6-10-20)14-22(16(18)2)12-17-7-4-3-5-8-17/h3-5,7-8,16,18,23H,1,6,9-14H2,2H3,(H,21,24)/t16-,18+/m1/s1. The first-order valence-electron chi connectivity index (χ1n) is 8.90. The molecule has 130 valence electrons. The van der Waals surface area contributed by atoms with E-state index in [0.717, 1.165) is 19.5 Å². The molecule has 0 unspecified atom stereocenters. The van der Waals surface area contributed by atoms with Gasteiger partial charge in [0.05, 0.1) is 6.61 Å². The van der Waals surface area contributed by atoms with Gasteiger partial charge in [0, 0.05) is 30.7 Å². The van der Waals surface area contributed by atoms with Crippen molar-refractivity contribution in [1.82, 2.24) is 10.2 Å². The smallest absolute Gasteiger partial charge is 0.249 e. The molecule has 3 rings (SSSR count). The molecule has 0 radical (unpaired) electrons. The summed E-state index contributed by atoms with van der Waals surface area (Å²) < 4.78 is 0. The lowest BCUT2D eigenvalue weighted by molar-refractivity contribution is -0.120. The molecule has 1 aromatic carbocycles. The Morgan fingerprint density at radius 2 is 2.08 bits per heavy atom. The molecule has 4 heteroatoms. The number of likely N-dealkylation sites (tertiary alicyclic amines) is 1. The third-order valence-electron chi connectivity index (χ3n) is 5.82. The lowest BCUT2D eigenvalue weighted by atomic mass is 9.62. The summed E-state index contributed by atoms with van der Waals surface area (Å²) in [7, 11) is 0. The molecular weight excluding hydrogens is 300 g/mol. The number of aliphatic hydroxyl groups is 1. The Kier molecular flexibility index (Phi) is 5.07. The number of nitrogens with one attached hydrogen (secondary N) is 1. The van der Waals surface area contributed by atoms with Crippen LogP contribution in [0.25, 0.3) is 0 Å². The van der Waals surface area contributed by atoms with Crippen LogP contribution in [0.4, 0.5) is 0 Å². The second-order valence-corrected chi connectivity index (χ2v) is 7.53. The first-order chi connectivity index (χ1) is 11.5. The van der Waals surface area contributed by atoms with E-state index in [1.807, 2.05) is 6.07 Å². The number of hydrogen-bond acceptors (Lipinski definition) is 3. The summed E-state index contributed by atoms with van der Waals surface area (Å²) >= 11 is 0. The molecule has 1 aromatic rings. The molecule has 4 nitrogen and oxygen atoms in total. The number of benzene rings is 1. The van der Waals surface area contributed by atoms with Crippen molar-refractivity contribution in [3.05, 3.63) is 48.0 Å². The molecule has 1 saturated carbocycles. The number of amides is 1. The van der Waals surface area contributed by atoms with Crippen LogP contribution in [0.1, 0.15) is 38.2 Å². The molecule has 2 atom stereocenters. The Hall–Kier alpha value is -1.65. The van der Waals surface area contributed by atoms with Gasteiger partial charge in [-0.2, -0.15) is 0 Å². The monoisotopic (exact) mass is 328 g/mol. The predicted molar refractivity (Wildman–Crippen MR) is 95.4 cm³/mol. The Morgan fingerprint density at radius 1 is 1.38 bits per heavy atom. The van der Waals surface area contributed by atoms with Crippen LogP contribution in [-0.2, 0) is 11.3 Å². The molecule has 1 spiro atoms. The van der Waals surface area contributed by atoms with Gasteiger partial charge < -0.3 is 10.4 Å². The minimum Gasteiger partial charge on any atom is -0.391 e. The van der Waals surface area contributed by atoms with Crippen molar-refractivity contribution in [1.29, 1.82) is 0 Å². The zero-order chi connectivity index (χ0) is 17.2. The van der Waals surface area contributed by atoms with E-state index in [9.17, 15) is 4.79 Å². The van der Waals surface area contributed by atoms with Crippen LogP contribution in [0, 0.1) is 5.41 Å². The third-order valence-corrected chi connectivity index (χ3v) is 5.82. The van der Waals surface area contributed by atoms with E-state index in [2.05, 4.69) is 48.0 Å². The summed E-state index contributed by atoms with van der Waals surface area (Å²) in [6, 6.07) is 10.9. The van der Waals surface area contributed by atoms with Crippen LogP contribution in [0.3, 0.4) is 0 Å². The summed E-state index contributed by atoms with van der Waals surface area (Å²) in [6.45, 7) is 7.58. The Morgan fingerprint density at radius 3 is 2.67 bits per heavy atom. The number of hydrogen-bond donors (Lipinski definition) is 2. The fourth-order valence-electron chi connectivity index (χ4n) is 4.10. The van der Waals surface area contributed by atoms with Gasteiger partial charge in [-0.15, -0.1) is 0 Å². The van der Waals surface area contributed by atoms with E-state index in [0.29, 0.717) is 5.41 Å². The highest BCUT2D eigenvalue weighted by atomic mass is 16.3. The van der Waals surface area contributed by atoms with E-state index in [1.165, 1.54) is 24.8 Å². The first kappa shape index (κ1) is 17.2. The zero-order valence-electron chi connectivity index (χ0n) is 14.5. The van der Waals surface area contributed by atoms with Crippen molar-refractivity contribution in [3.8, 4) is 0 Å². The summed E-state index contributed by atoms with van der Waals surface area (Å²) in [5.74, 6) is -0.217. The fraction of sp³-hybridized carbons (Fsp3) is 0.550. The number of nitrogens with zero attached hydrogens (tertiary/aromatic N) is 1. The maximum atomic E-state index is 12.2. The average molecular weight is 328 g/mol. The number of rotatable bonds is 5. The van der Waals surface area contributed by atoms with Crippen molar-refractivity contribution in [2.45, 2.75) is 51.2 Å². The van der Waals surface area contributed by atoms with Gasteiger partial charge in [-0.25, -0.2) is 0 Å². The summed E-state index contributed by atoms with van der Waals surface area (Å²) in [4.78, 5) is 14.7. The zero-order valence-corrected chi connectivity index (χ0v) is 14.5. The maximum Gasteiger partial charge on any atom is 0.249 e. The molecule has 1 aliphatic heterocycles. The van der Waals surface area contributed by atoms with Crippen molar-refractivity contribution in [2.24, 2.45) is 5.41 Å². The van der Waals surface area contributed by atoms with Gasteiger partial charge in [0.1, 0.15) is 0 Å². The average Bonchev–Trinajstić information content (AvgIpc) is 2.57. The van der Waals surface area contributed by atoms with Crippen LogP contribution >= 0.6 is 0 Å². The molecule has 1 heterocycles. The molecular formula is C20H28N2O2. The lowest BCUT2D eigenvalue weighted by Gasteiger charge is -2.54. The highest BCUT2D eigenvalue weighted by molar-refractivity contribution is 5.93. The third kappa shape index (κ3) is 3.55. The molecule has 1 amide bonds. The molecule has 2 aliphatic rings. The van der Waals surface area contributed by atoms with Crippen molar-refractivity contribution in [3.63, 3.8) is 0 Å². The van der Waals surface area contributed by atoms with Gasteiger partial charge in [0.15, 0.2) is 0 Å². The Bertz CT molecular complexity index is 595. The molecule has 2 N–H and O–H groups in total. The van der Waals surface area contributed by atoms with Crippen LogP contribution < -0.4 is 5.32 Å². The Labute approximate surface area is 144 Å². The fourth-order valence-corrected chi connectivity index (χ4v) is 4.10. The lowest BCUT2D eigenvalue weighted by Crippen LogP contribution is -2.61. The van der Waals surface area contributed by atoms with E-state index >= 15 is 0 Å². The Balaban J connectivity index is 1.74. The predicted octanol–water partition coefficient (Wildman–Crippen LogP) is 2.48. The maximum absolute atomic E-state index is 12.2. The largest absolute Gasteiger partial charge is 0.391 e. The van der Waals surface area contributed by atoms with Crippen molar-refractivity contribution >= 4 is 5.91 Å². The van der Waals surface area contributed by atoms with Gasteiger partial charge in [-0.3, -0.25) is 9.69 Å². The van der Waals surface area contributed by atoms with Crippen LogP contribution in [0.5, 0.6) is 0 Å². The second-order valence-electron chi connectivity index (χ2n) is 7.53. The number of piperidine rings is 1. The van der Waals surface area contributed by atoms with Gasteiger partial charge >= 0.3 is 0 Å². The van der Waals surface area contributed by atoms with Crippen molar-refractivity contribution in [2.75, 3.05) is 13.2 Å². The molecule has 1 saturated heterocycles. The quantitative estimate of drug-likeness (QED) is 0.817. The van der Waals surface area contributed by atoms with E-state index in [1.54, 1.807) is 0 Å². The molecule has 24 heavy (non-hydrogen) atoms. The first-order valence-corrected chi connectivity index (χ1v) is 8.90. The molecule has 0 bridgehead atoms. The summed E-state index contributed by atoms with van der Waals surface area (Å²) in [5, 5.41) is 12.3. The molecule has 0 aromatic heterocycles. The highest BCUT2D eigenvalue weighted by Crippen LogP contribution is 2.49. The molecule has 1 aliphatic carbocycles. The van der Waals surface area contributed by atoms with E-state index in [-0.39, 0.29) is 30.2 Å². The van der Waals surface area contributed by atoms with Gasteiger partial charge in [0.25, 0.3) is 0 Å².